The van der Waals surface area contributed by atoms with Gasteiger partial charge >= 0.3 is 12.5 Å². The molecule has 2 aliphatic rings. The number of alkyl halides is 3. The summed E-state index contributed by atoms with van der Waals surface area (Å²) < 4.78 is 45.4. The van der Waals surface area contributed by atoms with Gasteiger partial charge in [-0.15, -0.1) is 13.2 Å². The Balaban J connectivity index is 1.58. The number of piperidine rings is 1. The normalized spacial score (nSPS) is 26.5. The predicted octanol–water partition coefficient (Wildman–Crippen LogP) is 3.53. The first kappa shape index (κ1) is 21.3. The first-order chi connectivity index (χ1) is 13.6. The van der Waals surface area contributed by atoms with E-state index in [1.165, 1.54) is 19.2 Å². The van der Waals surface area contributed by atoms with Crippen LogP contribution in [0.3, 0.4) is 0 Å². The molecule has 0 bridgehead atoms. The summed E-state index contributed by atoms with van der Waals surface area (Å²) in [4.78, 5) is 25.9. The van der Waals surface area contributed by atoms with Crippen molar-refractivity contribution in [2.24, 2.45) is 17.3 Å². The van der Waals surface area contributed by atoms with Gasteiger partial charge in [-0.3, -0.25) is 4.79 Å². The molecule has 4 unspecified atom stereocenters. The number of benzene rings is 1. The Bertz CT molecular complexity index is 768. The van der Waals surface area contributed by atoms with Gasteiger partial charge in [-0.25, -0.2) is 4.79 Å². The monoisotopic (exact) mass is 414 g/mol. The number of amides is 2. The smallest absolute Gasteiger partial charge is 0.453 e. The average molecular weight is 414 g/mol. The van der Waals surface area contributed by atoms with E-state index in [0.717, 1.165) is 5.56 Å². The van der Waals surface area contributed by atoms with Gasteiger partial charge < -0.3 is 19.7 Å². The number of carbonyl (C=O) groups is 2. The second kappa shape index (κ2) is 7.76. The number of carbonyl (C=O) groups excluding carboxylic acids is 2. The molecule has 1 saturated carbocycles. The molecule has 160 valence electrons. The zero-order chi connectivity index (χ0) is 21.4. The number of fused-ring (bicyclic) bond motifs is 1. The zero-order valence-electron chi connectivity index (χ0n) is 16.6. The van der Waals surface area contributed by atoms with E-state index in [2.05, 4.69) is 21.7 Å². The summed E-state index contributed by atoms with van der Waals surface area (Å²) in [5.41, 5.74) is 0.870. The molecule has 2 amide bonds. The van der Waals surface area contributed by atoms with Crippen molar-refractivity contribution in [2.75, 3.05) is 26.7 Å². The highest BCUT2D eigenvalue weighted by atomic mass is 19.4. The Kier molecular flexibility index (Phi) is 5.69. The highest BCUT2D eigenvalue weighted by Gasteiger charge is 2.66. The number of alkyl carbamates (subject to hydrolysis) is 1. The van der Waals surface area contributed by atoms with Gasteiger partial charge in [-0.05, 0) is 41.4 Å². The van der Waals surface area contributed by atoms with Crippen LogP contribution in [0.5, 0.6) is 5.75 Å². The lowest BCUT2D eigenvalue weighted by Crippen LogP contribution is -2.42. The molecular weight excluding hydrogens is 389 g/mol. The topological polar surface area (TPSA) is 67.9 Å². The molecular formula is C20H25F3N2O4. The van der Waals surface area contributed by atoms with Gasteiger partial charge in [-0.2, -0.15) is 0 Å². The van der Waals surface area contributed by atoms with Crippen LogP contribution in [0.15, 0.2) is 24.3 Å². The van der Waals surface area contributed by atoms with Gasteiger partial charge in [0.05, 0.1) is 13.0 Å². The van der Waals surface area contributed by atoms with Crippen molar-refractivity contribution in [3.05, 3.63) is 29.8 Å². The second-order valence-electron chi connectivity index (χ2n) is 7.90. The fourth-order valence-corrected chi connectivity index (χ4v) is 4.50. The lowest BCUT2D eigenvalue weighted by atomic mass is 9.99. The number of hydrogen-bond donors (Lipinski definition) is 1. The van der Waals surface area contributed by atoms with Gasteiger partial charge in [0.2, 0.25) is 5.91 Å². The minimum absolute atomic E-state index is 0.00463. The van der Waals surface area contributed by atoms with Crippen LogP contribution in [0.2, 0.25) is 0 Å². The number of likely N-dealkylation sites (tertiary alicyclic amines) is 1. The first-order valence-corrected chi connectivity index (χ1v) is 9.55. The Labute approximate surface area is 167 Å². The fourth-order valence-electron chi connectivity index (χ4n) is 4.50. The maximum Gasteiger partial charge on any atom is 0.573 e. The predicted molar refractivity (Wildman–Crippen MR) is 98.2 cm³/mol. The summed E-state index contributed by atoms with van der Waals surface area (Å²) in [5.74, 6) is -0.0676. The maximum absolute atomic E-state index is 12.8. The van der Waals surface area contributed by atoms with E-state index in [1.54, 1.807) is 12.1 Å². The average Bonchev–Trinajstić information content (AvgIpc) is 3.06. The summed E-state index contributed by atoms with van der Waals surface area (Å²) in [7, 11) is 1.27. The summed E-state index contributed by atoms with van der Waals surface area (Å²) in [5, 5.41) is 2.58. The minimum Gasteiger partial charge on any atom is -0.453 e. The standard InChI is InChI=1S/C20H25F3N2O4/c1-4-12(9-24-18(27)28-3)17(26)25-10-15-16(19(15,2)11-25)13-5-7-14(8-6-13)29-20(21,22)23/h5-8,12,15-16H,4,9-11H2,1-3H3,(H,24,27). The van der Waals surface area contributed by atoms with E-state index in [9.17, 15) is 22.8 Å². The van der Waals surface area contributed by atoms with Crippen molar-refractivity contribution >= 4 is 12.0 Å². The third-order valence-corrected chi connectivity index (χ3v) is 6.10. The molecule has 0 aromatic heterocycles. The van der Waals surface area contributed by atoms with Crippen LogP contribution >= 0.6 is 0 Å². The van der Waals surface area contributed by atoms with Gasteiger partial charge in [0, 0.05) is 19.6 Å². The Morgan fingerprint density at radius 1 is 1.31 bits per heavy atom. The molecule has 2 fully saturated rings. The lowest BCUT2D eigenvalue weighted by molar-refractivity contribution is -0.274. The van der Waals surface area contributed by atoms with Crippen LogP contribution in [-0.2, 0) is 9.53 Å². The zero-order valence-corrected chi connectivity index (χ0v) is 16.6. The van der Waals surface area contributed by atoms with Crippen molar-refractivity contribution in [1.82, 2.24) is 10.2 Å². The molecule has 1 heterocycles. The molecule has 0 spiro atoms. The van der Waals surface area contributed by atoms with Gasteiger partial charge in [0.15, 0.2) is 0 Å². The molecule has 6 nitrogen and oxygen atoms in total. The van der Waals surface area contributed by atoms with E-state index >= 15 is 0 Å². The van der Waals surface area contributed by atoms with Crippen molar-refractivity contribution < 1.29 is 32.2 Å². The molecule has 1 aliphatic heterocycles. The van der Waals surface area contributed by atoms with E-state index in [0.29, 0.717) is 19.5 Å². The second-order valence-corrected chi connectivity index (χ2v) is 7.90. The quantitative estimate of drug-likeness (QED) is 0.773. The Morgan fingerprint density at radius 3 is 2.45 bits per heavy atom. The Morgan fingerprint density at radius 2 is 1.97 bits per heavy atom. The first-order valence-electron chi connectivity index (χ1n) is 9.55. The van der Waals surface area contributed by atoms with Crippen LogP contribution in [0.4, 0.5) is 18.0 Å². The summed E-state index contributed by atoms with van der Waals surface area (Å²) >= 11 is 0. The molecule has 1 aromatic carbocycles. The highest BCUT2D eigenvalue weighted by molar-refractivity contribution is 5.80. The van der Waals surface area contributed by atoms with Crippen molar-refractivity contribution in [2.45, 2.75) is 32.5 Å². The van der Waals surface area contributed by atoms with Crippen LogP contribution in [0.1, 0.15) is 31.7 Å². The van der Waals surface area contributed by atoms with Crippen LogP contribution < -0.4 is 10.1 Å². The molecule has 4 atom stereocenters. The number of nitrogens with zero attached hydrogens (tertiary/aromatic N) is 1. The summed E-state index contributed by atoms with van der Waals surface area (Å²) in [6, 6.07) is 5.98. The number of nitrogens with one attached hydrogen (secondary N) is 1. The molecule has 3 rings (SSSR count). The SMILES string of the molecule is CCC(CNC(=O)OC)C(=O)N1CC2C(c3ccc(OC(F)(F)F)cc3)C2(C)C1. The van der Waals surface area contributed by atoms with Crippen molar-refractivity contribution in [3.8, 4) is 5.75 Å². The molecule has 1 aromatic rings. The van der Waals surface area contributed by atoms with E-state index in [-0.39, 0.29) is 41.4 Å². The van der Waals surface area contributed by atoms with Crippen LogP contribution in [-0.4, -0.2) is 50.0 Å². The number of methoxy groups -OCH3 is 1. The van der Waals surface area contributed by atoms with Crippen LogP contribution in [0.25, 0.3) is 0 Å². The number of hydrogen-bond acceptors (Lipinski definition) is 4. The van der Waals surface area contributed by atoms with Crippen molar-refractivity contribution in [3.63, 3.8) is 0 Å². The van der Waals surface area contributed by atoms with Gasteiger partial charge in [0.1, 0.15) is 5.75 Å². The number of halogens is 3. The molecule has 1 saturated heterocycles. The van der Waals surface area contributed by atoms with Crippen molar-refractivity contribution in [1.29, 1.82) is 0 Å². The molecule has 0 radical (unpaired) electrons. The largest absolute Gasteiger partial charge is 0.573 e. The number of ether oxygens (including phenoxy) is 2. The third-order valence-electron chi connectivity index (χ3n) is 6.10. The molecule has 29 heavy (non-hydrogen) atoms. The molecule has 1 N–H and O–H groups in total. The summed E-state index contributed by atoms with van der Waals surface area (Å²) in [6.07, 6.45) is -4.67. The van der Waals surface area contributed by atoms with E-state index < -0.39 is 12.5 Å². The maximum atomic E-state index is 12.8. The number of rotatable bonds is 6. The summed E-state index contributed by atoms with van der Waals surface area (Å²) in [6.45, 7) is 5.42. The minimum atomic E-state index is -4.71. The highest BCUT2D eigenvalue weighted by Crippen LogP contribution is 2.68. The molecule has 1 aliphatic carbocycles. The van der Waals surface area contributed by atoms with E-state index in [1.807, 2.05) is 11.8 Å². The van der Waals surface area contributed by atoms with Crippen LogP contribution in [0, 0.1) is 17.3 Å². The third kappa shape index (κ3) is 4.43. The molecule has 9 heteroatoms. The fraction of sp³-hybridized carbons (Fsp3) is 0.600. The Hall–Kier alpha value is -2.45. The lowest BCUT2D eigenvalue weighted by Gasteiger charge is -2.26. The van der Waals surface area contributed by atoms with Gasteiger partial charge in [0.25, 0.3) is 0 Å². The van der Waals surface area contributed by atoms with E-state index in [4.69, 9.17) is 0 Å². The van der Waals surface area contributed by atoms with Gasteiger partial charge in [-0.1, -0.05) is 26.0 Å².